The van der Waals surface area contributed by atoms with Crippen molar-refractivity contribution in [2.24, 2.45) is 11.8 Å². The summed E-state index contributed by atoms with van der Waals surface area (Å²) < 4.78 is 0. The lowest BCUT2D eigenvalue weighted by Crippen LogP contribution is -2.46. The van der Waals surface area contributed by atoms with Crippen LogP contribution in [0, 0.1) is 11.8 Å². The van der Waals surface area contributed by atoms with Crippen LogP contribution in [-0.4, -0.2) is 45.5 Å². The van der Waals surface area contributed by atoms with Crippen LogP contribution in [0.25, 0.3) is 0 Å². The summed E-state index contributed by atoms with van der Waals surface area (Å²) in [5, 5.41) is 12.0. The van der Waals surface area contributed by atoms with E-state index in [1.54, 1.807) is 12.4 Å². The van der Waals surface area contributed by atoms with Crippen molar-refractivity contribution in [3.05, 3.63) is 29.1 Å². The van der Waals surface area contributed by atoms with Crippen LogP contribution in [0.1, 0.15) is 68.1 Å². The first-order valence-electron chi connectivity index (χ1n) is 10.3. The number of pyridine rings is 1. The molecule has 0 bridgehead atoms. The van der Waals surface area contributed by atoms with Gasteiger partial charge in [0.15, 0.2) is 0 Å². The zero-order valence-electron chi connectivity index (χ0n) is 17.1. The van der Waals surface area contributed by atoms with Crippen LogP contribution in [0.15, 0.2) is 12.3 Å². The highest BCUT2D eigenvalue weighted by molar-refractivity contribution is 5.93. The molecule has 0 saturated heterocycles. The van der Waals surface area contributed by atoms with Crippen molar-refractivity contribution >= 4 is 11.8 Å². The van der Waals surface area contributed by atoms with Gasteiger partial charge in [0.05, 0.1) is 5.56 Å². The van der Waals surface area contributed by atoms with E-state index in [0.29, 0.717) is 23.4 Å². The Morgan fingerprint density at radius 3 is 2.79 bits per heavy atom. The third kappa shape index (κ3) is 4.89. The van der Waals surface area contributed by atoms with E-state index >= 15 is 0 Å². The van der Waals surface area contributed by atoms with Gasteiger partial charge in [0.2, 0.25) is 5.91 Å². The Morgan fingerprint density at radius 1 is 1.32 bits per heavy atom. The molecule has 0 spiro atoms. The smallest absolute Gasteiger partial charge is 0.276 e. The monoisotopic (exact) mass is 388 g/mol. The zero-order valence-corrected chi connectivity index (χ0v) is 17.1. The van der Waals surface area contributed by atoms with Gasteiger partial charge in [-0.15, -0.1) is 0 Å². The summed E-state index contributed by atoms with van der Waals surface area (Å²) in [7, 11) is 0. The van der Waals surface area contributed by atoms with E-state index in [1.165, 1.54) is 12.6 Å². The molecule has 1 aliphatic carbocycles. The Balaban J connectivity index is 1.72. The molecule has 0 radical (unpaired) electrons. The number of aromatic nitrogens is 1. The summed E-state index contributed by atoms with van der Waals surface area (Å²) in [6.07, 6.45) is 6.73. The van der Waals surface area contributed by atoms with Gasteiger partial charge in [0, 0.05) is 50.4 Å². The maximum absolute atomic E-state index is 11.7. The highest BCUT2D eigenvalue weighted by Crippen LogP contribution is 2.32. The van der Waals surface area contributed by atoms with E-state index in [4.69, 9.17) is 5.21 Å². The second-order valence-corrected chi connectivity index (χ2v) is 8.54. The molecule has 3 N–H and O–H groups in total. The van der Waals surface area contributed by atoms with E-state index in [0.717, 1.165) is 50.0 Å². The van der Waals surface area contributed by atoms with Gasteiger partial charge >= 0.3 is 0 Å². The molecule has 0 aromatic carbocycles. The van der Waals surface area contributed by atoms with Gasteiger partial charge in [-0.1, -0.05) is 13.8 Å². The number of nitrogens with one attached hydrogen (secondary N) is 2. The second-order valence-electron chi connectivity index (χ2n) is 8.54. The van der Waals surface area contributed by atoms with E-state index in [-0.39, 0.29) is 11.9 Å². The lowest BCUT2D eigenvalue weighted by molar-refractivity contribution is -0.120. The highest BCUT2D eigenvalue weighted by atomic mass is 16.5. The van der Waals surface area contributed by atoms with Crippen LogP contribution in [0.5, 0.6) is 0 Å². The van der Waals surface area contributed by atoms with E-state index in [9.17, 15) is 9.59 Å². The molecule has 2 aliphatic rings. The Hall–Kier alpha value is -1.99. The fourth-order valence-corrected chi connectivity index (χ4v) is 5.00. The Bertz CT molecular complexity index is 724. The molecule has 4 unspecified atom stereocenters. The standard InChI is InChI=1S/C21H32N4O3/c1-4-19-9-20-17(8-16(10-22-20)21(27)24-28)12-25(19)11-15-5-13(2)6-18(7-15)23-14(3)26/h8,10,13,15,18-19,28H,4-7,9,11-12H2,1-3H3,(H,23,26)(H,24,27). The molecule has 28 heavy (non-hydrogen) atoms. The fourth-order valence-electron chi connectivity index (χ4n) is 5.00. The normalized spacial score (nSPS) is 27.7. The average Bonchev–Trinajstić information content (AvgIpc) is 2.65. The second kappa shape index (κ2) is 9.01. The van der Waals surface area contributed by atoms with Crippen molar-refractivity contribution in [3.63, 3.8) is 0 Å². The first-order valence-corrected chi connectivity index (χ1v) is 10.3. The molecule has 2 heterocycles. The minimum atomic E-state index is -0.529. The number of hydrogen-bond donors (Lipinski definition) is 3. The number of hydroxylamine groups is 1. The van der Waals surface area contributed by atoms with Crippen molar-refractivity contribution in [3.8, 4) is 0 Å². The number of nitrogens with zero attached hydrogens (tertiary/aromatic N) is 2. The van der Waals surface area contributed by atoms with Gasteiger partial charge in [-0.2, -0.15) is 0 Å². The van der Waals surface area contributed by atoms with Crippen LogP contribution in [-0.2, 0) is 17.8 Å². The van der Waals surface area contributed by atoms with Gasteiger partial charge in [0.1, 0.15) is 0 Å². The van der Waals surface area contributed by atoms with Crippen LogP contribution in [0.3, 0.4) is 0 Å². The number of carbonyl (C=O) groups excluding carboxylic acids is 2. The number of fused-ring (bicyclic) bond motifs is 1. The lowest BCUT2D eigenvalue weighted by atomic mass is 9.78. The third-order valence-electron chi connectivity index (χ3n) is 6.15. The molecule has 3 rings (SSSR count). The Labute approximate surface area is 166 Å². The largest absolute Gasteiger partial charge is 0.354 e. The molecule has 1 saturated carbocycles. The summed E-state index contributed by atoms with van der Waals surface area (Å²) in [4.78, 5) is 30.2. The van der Waals surface area contributed by atoms with Crippen LogP contribution in [0.2, 0.25) is 0 Å². The van der Waals surface area contributed by atoms with Gasteiger partial charge in [0.25, 0.3) is 5.91 Å². The van der Waals surface area contributed by atoms with Crippen molar-refractivity contribution in [2.45, 2.75) is 71.5 Å². The van der Waals surface area contributed by atoms with E-state index in [1.807, 2.05) is 6.07 Å². The minimum absolute atomic E-state index is 0.0527. The Kier molecular flexibility index (Phi) is 6.67. The van der Waals surface area contributed by atoms with Gasteiger partial charge in [-0.25, -0.2) is 5.48 Å². The molecule has 4 atom stereocenters. The summed E-state index contributed by atoms with van der Waals surface area (Å²) in [6, 6.07) is 2.55. The van der Waals surface area contributed by atoms with Crippen molar-refractivity contribution in [2.75, 3.05) is 6.54 Å². The molecular weight excluding hydrogens is 356 g/mol. The van der Waals surface area contributed by atoms with E-state index < -0.39 is 5.91 Å². The fraction of sp³-hybridized carbons (Fsp3) is 0.667. The lowest BCUT2D eigenvalue weighted by Gasteiger charge is -2.41. The quantitative estimate of drug-likeness (QED) is 0.531. The summed E-state index contributed by atoms with van der Waals surface area (Å²) in [6.45, 7) is 7.83. The van der Waals surface area contributed by atoms with Crippen molar-refractivity contribution in [1.82, 2.24) is 20.7 Å². The molecule has 1 aliphatic heterocycles. The molecule has 7 nitrogen and oxygen atoms in total. The average molecular weight is 389 g/mol. The summed E-state index contributed by atoms with van der Waals surface area (Å²) >= 11 is 0. The molecule has 1 aromatic rings. The predicted octanol–water partition coefficient (Wildman–Crippen LogP) is 2.28. The first-order chi connectivity index (χ1) is 13.4. The number of hydrogen-bond acceptors (Lipinski definition) is 5. The molecule has 7 heteroatoms. The molecule has 154 valence electrons. The predicted molar refractivity (Wildman–Crippen MR) is 106 cm³/mol. The molecule has 1 aromatic heterocycles. The maximum atomic E-state index is 11.7. The Morgan fingerprint density at radius 2 is 2.11 bits per heavy atom. The van der Waals surface area contributed by atoms with E-state index in [2.05, 4.69) is 29.0 Å². The zero-order chi connectivity index (χ0) is 20.3. The van der Waals surface area contributed by atoms with Gasteiger partial charge < -0.3 is 5.32 Å². The van der Waals surface area contributed by atoms with Crippen molar-refractivity contribution < 1.29 is 14.8 Å². The highest BCUT2D eigenvalue weighted by Gasteiger charge is 2.32. The van der Waals surface area contributed by atoms with Crippen LogP contribution < -0.4 is 10.8 Å². The van der Waals surface area contributed by atoms with Crippen molar-refractivity contribution in [1.29, 1.82) is 0 Å². The van der Waals surface area contributed by atoms with Gasteiger partial charge in [-0.3, -0.25) is 24.7 Å². The maximum Gasteiger partial charge on any atom is 0.276 e. The summed E-state index contributed by atoms with van der Waals surface area (Å²) in [5.74, 6) is 0.679. The minimum Gasteiger partial charge on any atom is -0.354 e. The first kappa shape index (κ1) is 20.7. The number of rotatable bonds is 5. The topological polar surface area (TPSA) is 94.6 Å². The molecule has 1 fully saturated rings. The molecular formula is C21H32N4O3. The van der Waals surface area contributed by atoms with Gasteiger partial charge in [-0.05, 0) is 49.1 Å². The van der Waals surface area contributed by atoms with Crippen LogP contribution >= 0.6 is 0 Å². The molecule has 2 amide bonds. The summed E-state index contributed by atoms with van der Waals surface area (Å²) in [5.41, 5.74) is 4.18. The SMILES string of the molecule is CCC1Cc2ncc(C(=O)NO)cc2CN1CC1CC(C)CC(NC(C)=O)C1. The number of amides is 2. The van der Waals surface area contributed by atoms with Crippen LogP contribution in [0.4, 0.5) is 0 Å². The third-order valence-corrected chi connectivity index (χ3v) is 6.15. The number of carbonyl (C=O) groups is 2.